The number of benzene rings is 1. The predicted octanol–water partition coefficient (Wildman–Crippen LogP) is 3.26. The minimum atomic E-state index is -0.922. The van der Waals surface area contributed by atoms with Crippen LogP contribution < -0.4 is 10.1 Å². The summed E-state index contributed by atoms with van der Waals surface area (Å²) in [5, 5.41) is 3.24. The Balaban J connectivity index is 2.23. The number of nitrogens with one attached hydrogen (secondary N) is 1. The number of para-hydroxylation sites is 1. The molecule has 2 aliphatic rings. The molecule has 1 heterocycles. The molecule has 0 fully saturated rings. The van der Waals surface area contributed by atoms with E-state index in [1.54, 1.807) is 13.8 Å². The molecule has 31 heavy (non-hydrogen) atoms. The van der Waals surface area contributed by atoms with E-state index in [0.717, 1.165) is 5.70 Å². The summed E-state index contributed by atoms with van der Waals surface area (Å²) < 4.78 is 16.1. The van der Waals surface area contributed by atoms with Gasteiger partial charge in [-0.15, -0.1) is 0 Å². The molecule has 166 valence electrons. The molecule has 0 aromatic heterocycles. The van der Waals surface area contributed by atoms with Gasteiger partial charge in [0.2, 0.25) is 0 Å². The van der Waals surface area contributed by atoms with Gasteiger partial charge >= 0.3 is 11.9 Å². The van der Waals surface area contributed by atoms with Gasteiger partial charge in [-0.2, -0.15) is 0 Å². The molecule has 1 N–H and O–H groups in total. The number of Topliss-reactive ketones (excluding diaryl/α,β-unsaturated/α-hetero) is 1. The van der Waals surface area contributed by atoms with Crippen LogP contribution in [0.15, 0.2) is 46.8 Å². The zero-order valence-corrected chi connectivity index (χ0v) is 18.6. The van der Waals surface area contributed by atoms with Crippen molar-refractivity contribution in [2.45, 2.75) is 40.0 Å². The minimum Gasteiger partial charge on any atom is -0.494 e. The van der Waals surface area contributed by atoms with Crippen LogP contribution >= 0.6 is 0 Å². The van der Waals surface area contributed by atoms with E-state index in [1.165, 1.54) is 7.11 Å². The first-order valence-corrected chi connectivity index (χ1v) is 10.6. The van der Waals surface area contributed by atoms with Crippen molar-refractivity contribution in [1.82, 2.24) is 5.32 Å². The molecule has 1 aromatic carbocycles. The third-order valence-corrected chi connectivity index (χ3v) is 5.77. The normalized spacial score (nSPS) is 23.1. The van der Waals surface area contributed by atoms with Gasteiger partial charge in [-0.3, -0.25) is 9.59 Å². The number of ketones is 1. The molecular formula is C24H29NO6. The van der Waals surface area contributed by atoms with Gasteiger partial charge in [0, 0.05) is 22.5 Å². The van der Waals surface area contributed by atoms with Crippen molar-refractivity contribution >= 4 is 17.7 Å². The van der Waals surface area contributed by atoms with Crippen molar-refractivity contribution in [2.75, 3.05) is 20.3 Å². The van der Waals surface area contributed by atoms with E-state index in [2.05, 4.69) is 5.32 Å². The van der Waals surface area contributed by atoms with Crippen LogP contribution in [0.3, 0.4) is 0 Å². The summed E-state index contributed by atoms with van der Waals surface area (Å²) in [5.41, 5.74) is 2.78. The van der Waals surface area contributed by atoms with Crippen molar-refractivity contribution in [3.63, 3.8) is 0 Å². The van der Waals surface area contributed by atoms with Crippen LogP contribution in [0, 0.1) is 11.8 Å². The Morgan fingerprint density at radius 3 is 2.52 bits per heavy atom. The zero-order valence-electron chi connectivity index (χ0n) is 18.6. The van der Waals surface area contributed by atoms with Gasteiger partial charge < -0.3 is 19.5 Å². The predicted molar refractivity (Wildman–Crippen MR) is 114 cm³/mol. The van der Waals surface area contributed by atoms with E-state index in [1.807, 2.05) is 38.1 Å². The van der Waals surface area contributed by atoms with Gasteiger partial charge in [0.25, 0.3) is 0 Å². The van der Waals surface area contributed by atoms with Crippen molar-refractivity contribution in [1.29, 1.82) is 0 Å². The monoisotopic (exact) mass is 427 g/mol. The molecule has 1 aliphatic carbocycles. The molecule has 3 rings (SSSR count). The van der Waals surface area contributed by atoms with Crippen molar-refractivity contribution in [3.8, 4) is 5.75 Å². The highest BCUT2D eigenvalue weighted by Crippen LogP contribution is 2.47. The smallest absolute Gasteiger partial charge is 0.336 e. The van der Waals surface area contributed by atoms with Crippen LogP contribution in [-0.4, -0.2) is 38.0 Å². The lowest BCUT2D eigenvalue weighted by Crippen LogP contribution is -2.43. The Morgan fingerprint density at radius 1 is 1.16 bits per heavy atom. The molecule has 0 bridgehead atoms. The molecule has 0 saturated heterocycles. The number of carbonyl (C=O) groups is 3. The lowest BCUT2D eigenvalue weighted by molar-refractivity contribution is -0.151. The number of hydrogen-bond donors (Lipinski definition) is 1. The third-order valence-electron chi connectivity index (χ3n) is 5.77. The number of esters is 2. The molecule has 7 nitrogen and oxygen atoms in total. The van der Waals surface area contributed by atoms with Crippen LogP contribution in [0.1, 0.15) is 45.6 Å². The Kier molecular flexibility index (Phi) is 6.83. The van der Waals surface area contributed by atoms with Crippen LogP contribution in [0.4, 0.5) is 0 Å². The van der Waals surface area contributed by atoms with Gasteiger partial charge in [-0.05, 0) is 39.2 Å². The summed E-state index contributed by atoms with van der Waals surface area (Å²) >= 11 is 0. The quantitative estimate of drug-likeness (QED) is 0.550. The Bertz CT molecular complexity index is 961. The fourth-order valence-electron chi connectivity index (χ4n) is 4.48. The van der Waals surface area contributed by atoms with E-state index in [0.29, 0.717) is 41.2 Å². The number of methoxy groups -OCH3 is 1. The largest absolute Gasteiger partial charge is 0.494 e. The number of dihydropyridines is 1. The minimum absolute atomic E-state index is 0.205. The number of allylic oxidation sites excluding steroid dienone is 3. The highest BCUT2D eigenvalue weighted by Gasteiger charge is 2.47. The van der Waals surface area contributed by atoms with E-state index >= 15 is 0 Å². The first-order chi connectivity index (χ1) is 14.8. The summed E-state index contributed by atoms with van der Waals surface area (Å²) in [6.45, 7) is 7.90. The Morgan fingerprint density at radius 2 is 1.87 bits per heavy atom. The second-order valence-electron chi connectivity index (χ2n) is 7.73. The second kappa shape index (κ2) is 9.37. The highest BCUT2D eigenvalue weighted by atomic mass is 16.5. The second-order valence-corrected chi connectivity index (χ2v) is 7.73. The lowest BCUT2D eigenvalue weighted by atomic mass is 9.69. The summed E-state index contributed by atoms with van der Waals surface area (Å²) in [7, 11) is 1.28. The number of hydrogen-bond acceptors (Lipinski definition) is 7. The van der Waals surface area contributed by atoms with Gasteiger partial charge in [0.1, 0.15) is 11.7 Å². The molecule has 0 radical (unpaired) electrons. The number of carbonyl (C=O) groups excluding carboxylic acids is 3. The van der Waals surface area contributed by atoms with E-state index in [4.69, 9.17) is 14.2 Å². The van der Waals surface area contributed by atoms with Gasteiger partial charge in [-0.25, -0.2) is 4.79 Å². The molecule has 1 aromatic rings. The molecule has 0 amide bonds. The maximum atomic E-state index is 13.6. The molecule has 0 saturated carbocycles. The fraction of sp³-hybridized carbons (Fsp3) is 0.458. The van der Waals surface area contributed by atoms with Gasteiger partial charge in [-0.1, -0.05) is 25.1 Å². The standard InChI is InChI=1S/C24H29NO6/c1-6-30-17-11-9-8-10-15(17)20-19(24(28)31-7-2)14(4)25-16-12-13(3)18(23(27)29-5)22(26)21(16)20/h8-11,13,18,20,25H,6-7,12H2,1-5H3/t13-,18-,20+/m1/s1. The molecule has 1 aliphatic heterocycles. The van der Waals surface area contributed by atoms with Crippen LogP contribution in [-0.2, 0) is 23.9 Å². The fourth-order valence-corrected chi connectivity index (χ4v) is 4.48. The maximum Gasteiger partial charge on any atom is 0.336 e. The molecular weight excluding hydrogens is 398 g/mol. The average Bonchev–Trinajstić information content (AvgIpc) is 2.73. The summed E-state index contributed by atoms with van der Waals surface area (Å²) in [6, 6.07) is 7.34. The molecule has 3 atom stereocenters. The zero-order chi connectivity index (χ0) is 22.7. The first-order valence-electron chi connectivity index (χ1n) is 10.6. The Hall–Kier alpha value is -3.09. The summed E-state index contributed by atoms with van der Waals surface area (Å²) in [5.74, 6) is -2.68. The number of rotatable bonds is 6. The van der Waals surface area contributed by atoms with E-state index in [9.17, 15) is 14.4 Å². The summed E-state index contributed by atoms with van der Waals surface area (Å²) in [4.78, 5) is 39.1. The summed E-state index contributed by atoms with van der Waals surface area (Å²) in [6.07, 6.45) is 0.488. The maximum absolute atomic E-state index is 13.6. The van der Waals surface area contributed by atoms with Crippen molar-refractivity contribution < 1.29 is 28.6 Å². The average molecular weight is 427 g/mol. The Labute approximate surface area is 182 Å². The first kappa shape index (κ1) is 22.6. The van der Waals surface area contributed by atoms with Crippen LogP contribution in [0.25, 0.3) is 0 Å². The molecule has 7 heteroatoms. The van der Waals surface area contributed by atoms with E-state index < -0.39 is 23.8 Å². The lowest BCUT2D eigenvalue weighted by Gasteiger charge is -2.38. The van der Waals surface area contributed by atoms with Crippen LogP contribution in [0.5, 0.6) is 5.75 Å². The van der Waals surface area contributed by atoms with Gasteiger partial charge in [0.15, 0.2) is 5.78 Å². The van der Waals surface area contributed by atoms with Crippen molar-refractivity contribution in [2.24, 2.45) is 11.8 Å². The SMILES string of the molecule is CCOC(=O)C1=C(C)NC2=C(C(=O)[C@H](C(=O)OC)[C@H](C)C2)[C@H]1c1ccccc1OCC. The van der Waals surface area contributed by atoms with Crippen LogP contribution in [0.2, 0.25) is 0 Å². The van der Waals surface area contributed by atoms with E-state index in [-0.39, 0.29) is 18.3 Å². The molecule has 0 unspecified atom stereocenters. The molecule has 0 spiro atoms. The third kappa shape index (κ3) is 4.09. The van der Waals surface area contributed by atoms with Crippen molar-refractivity contribution in [3.05, 3.63) is 52.4 Å². The van der Waals surface area contributed by atoms with Gasteiger partial charge in [0.05, 0.1) is 31.8 Å². The highest BCUT2D eigenvalue weighted by molar-refractivity contribution is 6.12. The number of ether oxygens (including phenoxy) is 3. The topological polar surface area (TPSA) is 90.9 Å².